The highest BCUT2D eigenvalue weighted by atomic mass is 32.2. The minimum Gasteiger partial charge on any atom is -0.468 e. The van der Waals surface area contributed by atoms with Gasteiger partial charge in [-0.2, -0.15) is 14.7 Å². The molecule has 1 aliphatic heterocycles. The predicted octanol–water partition coefficient (Wildman–Crippen LogP) is 3.72. The van der Waals surface area contributed by atoms with Crippen molar-refractivity contribution in [2.75, 3.05) is 26.0 Å². The summed E-state index contributed by atoms with van der Waals surface area (Å²) in [7, 11) is -1.95. The second-order valence-electron chi connectivity index (χ2n) is 11.2. The summed E-state index contributed by atoms with van der Waals surface area (Å²) in [5, 5.41) is 14.8. The van der Waals surface area contributed by atoms with Crippen LogP contribution < -0.4 is 0 Å². The second kappa shape index (κ2) is 11.7. The van der Waals surface area contributed by atoms with E-state index in [1.54, 1.807) is 17.8 Å². The van der Waals surface area contributed by atoms with Crippen LogP contribution in [0.1, 0.15) is 44.2 Å². The summed E-state index contributed by atoms with van der Waals surface area (Å²) in [4.78, 5) is 21.9. The van der Waals surface area contributed by atoms with Gasteiger partial charge in [0.15, 0.2) is 0 Å². The third-order valence-electron chi connectivity index (χ3n) is 7.90. The molecule has 5 rings (SSSR count). The molecule has 0 saturated carbocycles. The van der Waals surface area contributed by atoms with Gasteiger partial charge in [0.1, 0.15) is 17.5 Å². The summed E-state index contributed by atoms with van der Waals surface area (Å²) < 4.78 is 34.8. The van der Waals surface area contributed by atoms with Gasteiger partial charge in [-0.15, -0.1) is 0 Å². The first kappa shape index (κ1) is 29.4. The maximum Gasteiger partial charge on any atom is 0.314 e. The molecule has 1 fully saturated rings. The van der Waals surface area contributed by atoms with Crippen molar-refractivity contribution in [2.24, 2.45) is 5.92 Å². The first-order valence-corrected chi connectivity index (χ1v) is 15.6. The fourth-order valence-corrected chi connectivity index (χ4v) is 6.81. The van der Waals surface area contributed by atoms with Gasteiger partial charge in [0.25, 0.3) is 0 Å². The summed E-state index contributed by atoms with van der Waals surface area (Å²) in [5.74, 6) is -0.300. The highest BCUT2D eigenvalue weighted by Crippen LogP contribution is 2.36. The predicted molar refractivity (Wildman–Crippen MR) is 158 cm³/mol. The van der Waals surface area contributed by atoms with Gasteiger partial charge in [-0.25, -0.2) is 18.4 Å². The lowest BCUT2D eigenvalue weighted by molar-refractivity contribution is -0.142. The van der Waals surface area contributed by atoms with Crippen LogP contribution in [0.25, 0.3) is 22.3 Å². The average molecular weight is 590 g/mol. The van der Waals surface area contributed by atoms with Crippen LogP contribution in [0.3, 0.4) is 0 Å². The largest absolute Gasteiger partial charge is 0.468 e. The molecule has 12 heteroatoms. The van der Waals surface area contributed by atoms with E-state index < -0.39 is 21.5 Å². The number of sulfonamides is 1. The molecule has 42 heavy (non-hydrogen) atoms. The van der Waals surface area contributed by atoms with Crippen molar-refractivity contribution in [2.45, 2.75) is 51.6 Å². The Morgan fingerprint density at radius 2 is 1.90 bits per heavy atom. The number of rotatable bonds is 11. The van der Waals surface area contributed by atoms with Crippen molar-refractivity contribution >= 4 is 27.0 Å². The number of methoxy groups -OCH3 is 1. The fraction of sp³-hybridized carbons (Fsp3) is 0.433. The molecule has 0 amide bonds. The Morgan fingerprint density at radius 1 is 1.17 bits per heavy atom. The molecule has 3 aromatic heterocycles. The molecule has 1 aromatic carbocycles. The molecule has 1 atom stereocenters. The minimum atomic E-state index is -3.35. The normalized spacial score (nSPS) is 15.8. The number of ether oxygens (including phenoxy) is 1. The average Bonchev–Trinajstić information content (AvgIpc) is 3.61. The van der Waals surface area contributed by atoms with E-state index in [1.165, 1.54) is 23.3 Å². The minimum absolute atomic E-state index is 0.0101. The molecule has 0 N–H and O–H groups in total. The van der Waals surface area contributed by atoms with E-state index in [4.69, 9.17) is 4.74 Å². The van der Waals surface area contributed by atoms with Crippen molar-refractivity contribution < 1.29 is 17.9 Å². The highest BCUT2D eigenvalue weighted by molar-refractivity contribution is 7.89. The van der Waals surface area contributed by atoms with Crippen LogP contribution in [0.15, 0.2) is 55.2 Å². The third-order valence-corrected chi connectivity index (χ3v) is 9.67. The number of nitrogens with zero attached hydrogens (tertiary/aromatic N) is 7. The van der Waals surface area contributed by atoms with Crippen LogP contribution in [0.2, 0.25) is 0 Å². The Kier molecular flexibility index (Phi) is 8.17. The van der Waals surface area contributed by atoms with Crippen LogP contribution >= 0.6 is 0 Å². The molecule has 4 heterocycles. The first-order chi connectivity index (χ1) is 20.1. The molecule has 0 spiro atoms. The van der Waals surface area contributed by atoms with Crippen molar-refractivity contribution in [3.05, 3.63) is 66.4 Å². The van der Waals surface area contributed by atoms with Gasteiger partial charge in [-0.05, 0) is 36.5 Å². The monoisotopic (exact) mass is 589 g/mol. The molecule has 1 saturated heterocycles. The zero-order chi connectivity index (χ0) is 30.1. The van der Waals surface area contributed by atoms with E-state index in [9.17, 15) is 18.5 Å². The van der Waals surface area contributed by atoms with E-state index in [2.05, 4.69) is 47.1 Å². The molecule has 0 radical (unpaired) electrons. The summed E-state index contributed by atoms with van der Waals surface area (Å²) >= 11 is 0. The Labute approximate surface area is 245 Å². The van der Waals surface area contributed by atoms with Gasteiger partial charge in [0.2, 0.25) is 10.0 Å². The molecular formula is C30H35N7O4S. The van der Waals surface area contributed by atoms with Gasteiger partial charge < -0.3 is 9.30 Å². The number of fused-ring (bicyclic) bond motifs is 1. The maximum atomic E-state index is 12.9. The number of carbonyl (C=O) groups excluding carboxylic acids is 1. The van der Waals surface area contributed by atoms with Gasteiger partial charge in [-0.1, -0.05) is 38.1 Å². The lowest BCUT2D eigenvalue weighted by Gasteiger charge is -2.47. The molecule has 0 aliphatic carbocycles. The van der Waals surface area contributed by atoms with E-state index in [-0.39, 0.29) is 31.2 Å². The zero-order valence-electron chi connectivity index (χ0n) is 24.3. The summed E-state index contributed by atoms with van der Waals surface area (Å²) in [6, 6.07) is 12.2. The van der Waals surface area contributed by atoms with Crippen molar-refractivity contribution in [1.29, 1.82) is 5.26 Å². The lowest BCUT2D eigenvalue weighted by atomic mass is 9.89. The number of hydrogen-bond acceptors (Lipinski definition) is 8. The number of esters is 1. The summed E-state index contributed by atoms with van der Waals surface area (Å²) in [5.41, 5.74) is 3.40. The lowest BCUT2D eigenvalue weighted by Crippen LogP contribution is -2.64. The van der Waals surface area contributed by atoms with E-state index in [1.807, 2.05) is 35.2 Å². The molecule has 11 nitrogen and oxygen atoms in total. The number of hydrogen-bond donors (Lipinski definition) is 0. The zero-order valence-corrected chi connectivity index (χ0v) is 25.1. The number of carbonyl (C=O) groups is 1. The maximum absolute atomic E-state index is 12.9. The van der Waals surface area contributed by atoms with Gasteiger partial charge in [-0.3, -0.25) is 9.48 Å². The van der Waals surface area contributed by atoms with Crippen LogP contribution in [-0.4, -0.2) is 69.0 Å². The van der Waals surface area contributed by atoms with Crippen molar-refractivity contribution in [1.82, 2.24) is 28.6 Å². The molecule has 220 valence electrons. The van der Waals surface area contributed by atoms with Crippen LogP contribution in [0.4, 0.5) is 0 Å². The smallest absolute Gasteiger partial charge is 0.314 e. The van der Waals surface area contributed by atoms with Crippen LogP contribution in [-0.2, 0) is 38.1 Å². The van der Waals surface area contributed by atoms with E-state index >= 15 is 0 Å². The van der Waals surface area contributed by atoms with Crippen LogP contribution in [0.5, 0.6) is 0 Å². The Morgan fingerprint density at radius 3 is 2.55 bits per heavy atom. The SMILES string of the molecule is CCS(=O)(=O)N1CC(CC#N)(n2cc(-c3ncnc4c3ccn4CC(C(=O)OC)c3ccc(CC(C)C)cc3)cn2)C1. The topological polar surface area (TPSA) is 136 Å². The van der Waals surface area contributed by atoms with E-state index in [0.717, 1.165) is 22.9 Å². The second-order valence-corrected chi connectivity index (χ2v) is 13.5. The van der Waals surface area contributed by atoms with Gasteiger partial charge in [0, 0.05) is 43.0 Å². The van der Waals surface area contributed by atoms with E-state index in [0.29, 0.717) is 23.8 Å². The number of aromatic nitrogens is 5. The molecule has 0 bridgehead atoms. The highest BCUT2D eigenvalue weighted by Gasteiger charge is 2.49. The van der Waals surface area contributed by atoms with Gasteiger partial charge >= 0.3 is 5.97 Å². The quantitative estimate of drug-likeness (QED) is 0.242. The van der Waals surface area contributed by atoms with Crippen molar-refractivity contribution in [3.63, 3.8) is 0 Å². The number of nitriles is 1. The molecular weight excluding hydrogens is 554 g/mol. The Balaban J connectivity index is 1.43. The fourth-order valence-electron chi connectivity index (χ4n) is 5.57. The molecule has 1 aliphatic rings. The van der Waals surface area contributed by atoms with Gasteiger partial charge in [0.05, 0.1) is 43.2 Å². The summed E-state index contributed by atoms with van der Waals surface area (Å²) in [6.45, 7) is 6.68. The summed E-state index contributed by atoms with van der Waals surface area (Å²) in [6.07, 6.45) is 7.94. The standard InChI is InChI=1S/C30H35N7O4S/c1-5-42(39,40)36-18-30(19-36,11-12-31)37-16-24(15-34-37)27-25-10-13-35(28(25)33-20-32-27)17-26(29(38)41-4)23-8-6-22(7-9-23)14-21(2)3/h6-10,13,15-16,20-21,26H,5,11,14,17-19H2,1-4H3. The third kappa shape index (κ3) is 5.54. The molecule has 4 aromatic rings. The number of benzene rings is 1. The Hall–Kier alpha value is -4.08. The molecule has 1 unspecified atom stereocenters. The Bertz CT molecular complexity index is 1730. The van der Waals surface area contributed by atoms with Crippen molar-refractivity contribution in [3.8, 4) is 17.3 Å². The first-order valence-electron chi connectivity index (χ1n) is 14.0. The van der Waals surface area contributed by atoms with Crippen LogP contribution in [0, 0.1) is 17.2 Å².